The Hall–Kier alpha value is -1.35. The highest BCUT2D eigenvalue weighted by Crippen LogP contribution is 2.13. The van der Waals surface area contributed by atoms with E-state index >= 15 is 0 Å². The largest absolute Gasteiger partial charge is 0.312 e. The van der Waals surface area contributed by atoms with Crippen LogP contribution >= 0.6 is 11.6 Å². The normalized spacial score (nSPS) is 15.8. The quantitative estimate of drug-likeness (QED) is 0.628. The van der Waals surface area contributed by atoms with Gasteiger partial charge in [-0.25, -0.2) is 9.98 Å². The predicted octanol–water partition coefficient (Wildman–Crippen LogP) is 2.09. The van der Waals surface area contributed by atoms with E-state index in [4.69, 9.17) is 11.6 Å². The minimum absolute atomic E-state index is 0.312. The van der Waals surface area contributed by atoms with Crippen molar-refractivity contribution in [3.8, 4) is 0 Å². The lowest BCUT2D eigenvalue weighted by Gasteiger charge is -2.19. The van der Waals surface area contributed by atoms with E-state index < -0.39 is 0 Å². The molecule has 2 rings (SSSR count). The molecular weight excluding hydrogens is 186 g/mol. The molecule has 0 N–H and O–H groups in total. The second-order valence-corrected chi connectivity index (χ2v) is 2.96. The van der Waals surface area contributed by atoms with Gasteiger partial charge in [-0.05, 0) is 23.7 Å². The fraction of sp³-hybridized carbons (Fsp3) is 0.111. The maximum Gasteiger partial charge on any atom is 0.220 e. The standard InChI is InChI=1S/C9H8ClN3/c10-9-11-6-13(7-12-9)8-4-2-1-3-5-8/h1-6H,7H2. The highest BCUT2D eigenvalue weighted by atomic mass is 35.5. The molecular formula is C9H8ClN3. The molecule has 1 aliphatic rings. The number of aliphatic imine (C=N–C) groups is 2. The summed E-state index contributed by atoms with van der Waals surface area (Å²) in [6, 6.07) is 9.93. The molecule has 0 aromatic heterocycles. The van der Waals surface area contributed by atoms with Crippen LogP contribution in [0.3, 0.4) is 0 Å². The first kappa shape index (κ1) is 8.26. The first-order valence-electron chi connectivity index (χ1n) is 3.92. The van der Waals surface area contributed by atoms with Crippen LogP contribution in [0.5, 0.6) is 0 Å². The van der Waals surface area contributed by atoms with Crippen molar-refractivity contribution in [3.63, 3.8) is 0 Å². The van der Waals surface area contributed by atoms with Gasteiger partial charge < -0.3 is 4.90 Å². The second kappa shape index (κ2) is 3.58. The van der Waals surface area contributed by atoms with Gasteiger partial charge in [0.15, 0.2) is 0 Å². The lowest BCUT2D eigenvalue weighted by Crippen LogP contribution is -2.24. The Morgan fingerprint density at radius 1 is 1.23 bits per heavy atom. The van der Waals surface area contributed by atoms with Gasteiger partial charge in [0.05, 0.1) is 6.34 Å². The summed E-state index contributed by atoms with van der Waals surface area (Å²) in [6.07, 6.45) is 1.69. The molecule has 1 aromatic carbocycles. The monoisotopic (exact) mass is 193 g/mol. The van der Waals surface area contributed by atoms with Crippen molar-refractivity contribution >= 4 is 28.9 Å². The molecule has 0 amide bonds. The summed E-state index contributed by atoms with van der Waals surface area (Å²) < 4.78 is 0. The maximum absolute atomic E-state index is 5.59. The molecule has 0 unspecified atom stereocenters. The molecule has 1 aliphatic heterocycles. The van der Waals surface area contributed by atoms with Crippen LogP contribution in [-0.4, -0.2) is 18.3 Å². The average molecular weight is 194 g/mol. The van der Waals surface area contributed by atoms with Crippen LogP contribution in [0.1, 0.15) is 0 Å². The summed E-state index contributed by atoms with van der Waals surface area (Å²) in [5.74, 6) is 0. The van der Waals surface area contributed by atoms with Gasteiger partial charge in [-0.3, -0.25) is 0 Å². The minimum Gasteiger partial charge on any atom is -0.312 e. The van der Waals surface area contributed by atoms with Gasteiger partial charge in [-0.1, -0.05) is 18.2 Å². The number of halogens is 1. The molecule has 0 aliphatic carbocycles. The Balaban J connectivity index is 2.18. The predicted molar refractivity (Wildman–Crippen MR) is 55.6 cm³/mol. The van der Waals surface area contributed by atoms with E-state index in [-0.39, 0.29) is 0 Å². The van der Waals surface area contributed by atoms with E-state index in [1.807, 2.05) is 35.2 Å². The smallest absolute Gasteiger partial charge is 0.220 e. The fourth-order valence-electron chi connectivity index (χ4n) is 1.10. The van der Waals surface area contributed by atoms with E-state index in [9.17, 15) is 0 Å². The van der Waals surface area contributed by atoms with Crippen molar-refractivity contribution in [1.29, 1.82) is 0 Å². The number of rotatable bonds is 1. The third-order valence-corrected chi connectivity index (χ3v) is 1.96. The number of para-hydroxylation sites is 1. The molecule has 0 saturated carbocycles. The second-order valence-electron chi connectivity index (χ2n) is 2.62. The molecule has 0 spiro atoms. The van der Waals surface area contributed by atoms with Crippen molar-refractivity contribution in [2.24, 2.45) is 9.98 Å². The van der Waals surface area contributed by atoms with Crippen molar-refractivity contribution < 1.29 is 0 Å². The van der Waals surface area contributed by atoms with Crippen molar-refractivity contribution in [2.45, 2.75) is 0 Å². The van der Waals surface area contributed by atoms with Crippen LogP contribution in [0, 0.1) is 0 Å². The number of nitrogens with zero attached hydrogens (tertiary/aromatic N) is 3. The van der Waals surface area contributed by atoms with E-state index in [2.05, 4.69) is 9.98 Å². The number of benzene rings is 1. The first-order chi connectivity index (χ1) is 6.36. The summed E-state index contributed by atoms with van der Waals surface area (Å²) in [5, 5.41) is 0.312. The van der Waals surface area contributed by atoms with Crippen LogP contribution in [0.4, 0.5) is 5.69 Å². The summed E-state index contributed by atoms with van der Waals surface area (Å²) in [5.41, 5.74) is 1.07. The molecule has 0 bridgehead atoms. The van der Waals surface area contributed by atoms with Gasteiger partial charge in [-0.2, -0.15) is 0 Å². The summed E-state index contributed by atoms with van der Waals surface area (Å²) in [7, 11) is 0. The lowest BCUT2D eigenvalue weighted by atomic mass is 10.3. The van der Waals surface area contributed by atoms with Gasteiger partial charge in [0.1, 0.15) is 6.67 Å². The fourth-order valence-corrected chi connectivity index (χ4v) is 1.19. The Kier molecular flexibility index (Phi) is 2.27. The Morgan fingerprint density at radius 2 is 2.00 bits per heavy atom. The summed E-state index contributed by atoms with van der Waals surface area (Å²) in [6.45, 7) is 0.534. The molecule has 0 radical (unpaired) electrons. The van der Waals surface area contributed by atoms with Crippen molar-refractivity contribution in [1.82, 2.24) is 0 Å². The van der Waals surface area contributed by atoms with E-state index in [0.29, 0.717) is 12.0 Å². The highest BCUT2D eigenvalue weighted by Gasteiger charge is 2.06. The van der Waals surface area contributed by atoms with Crippen LogP contribution < -0.4 is 4.90 Å². The van der Waals surface area contributed by atoms with E-state index in [1.165, 1.54) is 0 Å². The molecule has 3 nitrogen and oxygen atoms in total. The zero-order valence-corrected chi connectivity index (χ0v) is 7.65. The zero-order valence-electron chi connectivity index (χ0n) is 6.89. The van der Waals surface area contributed by atoms with Gasteiger partial charge in [0.25, 0.3) is 0 Å². The van der Waals surface area contributed by atoms with Gasteiger partial charge in [-0.15, -0.1) is 0 Å². The average Bonchev–Trinajstić information content (AvgIpc) is 2.20. The Morgan fingerprint density at radius 3 is 2.62 bits per heavy atom. The molecule has 0 saturated heterocycles. The number of hydrogen-bond acceptors (Lipinski definition) is 3. The molecule has 1 heterocycles. The van der Waals surface area contributed by atoms with Gasteiger partial charge >= 0.3 is 0 Å². The van der Waals surface area contributed by atoms with E-state index in [1.54, 1.807) is 6.34 Å². The Bertz CT molecular complexity index is 345. The maximum atomic E-state index is 5.59. The SMILES string of the molecule is ClC1=NCN(c2ccccc2)C=N1. The molecule has 4 heteroatoms. The topological polar surface area (TPSA) is 28.0 Å². The van der Waals surface area contributed by atoms with Crippen molar-refractivity contribution in [2.75, 3.05) is 11.6 Å². The lowest BCUT2D eigenvalue weighted by molar-refractivity contribution is 1.01. The molecule has 1 aromatic rings. The van der Waals surface area contributed by atoms with Crippen LogP contribution in [0.2, 0.25) is 0 Å². The van der Waals surface area contributed by atoms with Gasteiger partial charge in [0, 0.05) is 5.69 Å². The molecule has 13 heavy (non-hydrogen) atoms. The number of amidine groups is 1. The summed E-state index contributed by atoms with van der Waals surface area (Å²) in [4.78, 5) is 9.82. The minimum atomic E-state index is 0.312. The zero-order chi connectivity index (χ0) is 9.10. The molecule has 0 fully saturated rings. The molecule has 66 valence electrons. The third kappa shape index (κ3) is 1.87. The number of hydrogen-bond donors (Lipinski definition) is 0. The third-order valence-electron chi connectivity index (χ3n) is 1.75. The first-order valence-corrected chi connectivity index (χ1v) is 4.30. The van der Waals surface area contributed by atoms with Crippen LogP contribution in [0.15, 0.2) is 40.3 Å². The molecule has 0 atom stereocenters. The van der Waals surface area contributed by atoms with Crippen LogP contribution in [-0.2, 0) is 0 Å². The van der Waals surface area contributed by atoms with E-state index in [0.717, 1.165) is 5.69 Å². The summed E-state index contributed by atoms with van der Waals surface area (Å²) >= 11 is 5.59. The highest BCUT2D eigenvalue weighted by molar-refractivity contribution is 6.65. The Labute approximate surface area is 81.4 Å². The number of anilines is 1. The van der Waals surface area contributed by atoms with Gasteiger partial charge in [0.2, 0.25) is 5.29 Å². The van der Waals surface area contributed by atoms with Crippen LogP contribution in [0.25, 0.3) is 0 Å². The van der Waals surface area contributed by atoms with Crippen molar-refractivity contribution in [3.05, 3.63) is 30.3 Å².